The van der Waals surface area contributed by atoms with E-state index >= 15 is 0 Å². The molecule has 0 bridgehead atoms. The third kappa shape index (κ3) is 2.95. The summed E-state index contributed by atoms with van der Waals surface area (Å²) in [5.41, 5.74) is 10.4. The van der Waals surface area contributed by atoms with Crippen molar-refractivity contribution in [1.82, 2.24) is 4.98 Å². The highest BCUT2D eigenvalue weighted by atomic mass is 32.1. The van der Waals surface area contributed by atoms with Crippen molar-refractivity contribution in [1.29, 1.82) is 0 Å². The molecule has 0 aliphatic carbocycles. The van der Waals surface area contributed by atoms with Crippen LogP contribution in [0.2, 0.25) is 0 Å². The Morgan fingerprint density at radius 3 is 2.55 bits per heavy atom. The number of rotatable bonds is 4. The average Bonchev–Trinajstić information content (AvgIpc) is 2.97. The molecule has 0 fully saturated rings. The standard InChI is InChI=1S/C17H16N2S/c18-11-14-7-4-8-15(9-14)17-19-16(12-20-17)10-13-5-2-1-3-6-13/h1-9,12H,10-11,18H2. The van der Waals surface area contributed by atoms with Gasteiger partial charge in [-0.25, -0.2) is 4.98 Å². The minimum Gasteiger partial charge on any atom is -0.326 e. The molecular weight excluding hydrogens is 264 g/mol. The van der Waals surface area contributed by atoms with E-state index in [0.29, 0.717) is 6.54 Å². The van der Waals surface area contributed by atoms with E-state index < -0.39 is 0 Å². The lowest BCUT2D eigenvalue weighted by Gasteiger charge is -2.00. The van der Waals surface area contributed by atoms with E-state index in [0.717, 1.165) is 28.2 Å². The average molecular weight is 280 g/mol. The first-order valence-electron chi connectivity index (χ1n) is 6.63. The molecule has 1 heterocycles. The molecule has 1 aromatic heterocycles. The van der Waals surface area contributed by atoms with Gasteiger partial charge in [0.15, 0.2) is 0 Å². The van der Waals surface area contributed by atoms with Crippen LogP contribution in [0, 0.1) is 0 Å². The van der Waals surface area contributed by atoms with Gasteiger partial charge in [0.2, 0.25) is 0 Å². The lowest BCUT2D eigenvalue weighted by molar-refractivity contribution is 1.07. The molecule has 2 N–H and O–H groups in total. The van der Waals surface area contributed by atoms with Gasteiger partial charge >= 0.3 is 0 Å². The van der Waals surface area contributed by atoms with Crippen molar-refractivity contribution >= 4 is 11.3 Å². The quantitative estimate of drug-likeness (QED) is 0.788. The molecular formula is C17H16N2S. The van der Waals surface area contributed by atoms with Crippen LogP contribution >= 0.6 is 11.3 Å². The normalized spacial score (nSPS) is 10.7. The van der Waals surface area contributed by atoms with E-state index in [2.05, 4.69) is 41.8 Å². The summed E-state index contributed by atoms with van der Waals surface area (Å²) in [5, 5.41) is 3.20. The Kier molecular flexibility index (Phi) is 3.90. The van der Waals surface area contributed by atoms with Crippen molar-refractivity contribution in [3.8, 4) is 10.6 Å². The Bertz CT molecular complexity index is 689. The number of nitrogens with zero attached hydrogens (tertiary/aromatic N) is 1. The molecule has 100 valence electrons. The monoisotopic (exact) mass is 280 g/mol. The maximum absolute atomic E-state index is 5.69. The molecule has 0 aliphatic rings. The van der Waals surface area contributed by atoms with Crippen LogP contribution in [0.3, 0.4) is 0 Å². The van der Waals surface area contributed by atoms with Gasteiger partial charge in [-0.2, -0.15) is 0 Å². The Hall–Kier alpha value is -1.97. The maximum atomic E-state index is 5.69. The summed E-state index contributed by atoms with van der Waals surface area (Å²) >= 11 is 1.69. The van der Waals surface area contributed by atoms with Gasteiger partial charge in [-0.3, -0.25) is 0 Å². The first kappa shape index (κ1) is 13.0. The molecule has 20 heavy (non-hydrogen) atoms. The van der Waals surface area contributed by atoms with Gasteiger partial charge in [0.25, 0.3) is 0 Å². The van der Waals surface area contributed by atoms with E-state index in [1.165, 1.54) is 5.56 Å². The molecule has 3 heteroatoms. The number of hydrogen-bond acceptors (Lipinski definition) is 3. The summed E-state index contributed by atoms with van der Waals surface area (Å²) in [7, 11) is 0. The highest BCUT2D eigenvalue weighted by Gasteiger charge is 2.06. The third-order valence-electron chi connectivity index (χ3n) is 3.19. The third-order valence-corrected chi connectivity index (χ3v) is 4.13. The van der Waals surface area contributed by atoms with Gasteiger partial charge < -0.3 is 5.73 Å². The molecule has 0 saturated carbocycles. The lowest BCUT2D eigenvalue weighted by atomic mass is 10.1. The zero-order valence-electron chi connectivity index (χ0n) is 11.1. The van der Waals surface area contributed by atoms with Crippen LogP contribution < -0.4 is 5.73 Å². The molecule has 3 aromatic rings. The highest BCUT2D eigenvalue weighted by molar-refractivity contribution is 7.13. The van der Waals surface area contributed by atoms with Crippen LogP contribution in [0.15, 0.2) is 60.0 Å². The largest absolute Gasteiger partial charge is 0.326 e. The second kappa shape index (κ2) is 5.99. The van der Waals surface area contributed by atoms with Crippen LogP contribution in [0.25, 0.3) is 10.6 Å². The van der Waals surface area contributed by atoms with Gasteiger partial charge in [-0.05, 0) is 17.2 Å². The molecule has 0 amide bonds. The van der Waals surface area contributed by atoms with E-state index in [1.54, 1.807) is 11.3 Å². The van der Waals surface area contributed by atoms with Crippen LogP contribution in [0.4, 0.5) is 0 Å². The zero-order valence-corrected chi connectivity index (χ0v) is 11.9. The van der Waals surface area contributed by atoms with Crippen molar-refractivity contribution in [2.24, 2.45) is 5.73 Å². The molecule has 2 aromatic carbocycles. The number of hydrogen-bond donors (Lipinski definition) is 1. The number of thiazole rings is 1. The maximum Gasteiger partial charge on any atom is 0.123 e. The molecule has 0 spiro atoms. The van der Waals surface area contributed by atoms with Gasteiger partial charge in [0.1, 0.15) is 5.01 Å². The van der Waals surface area contributed by atoms with Gasteiger partial charge in [0.05, 0.1) is 5.69 Å². The molecule has 0 atom stereocenters. The fraction of sp³-hybridized carbons (Fsp3) is 0.118. The van der Waals surface area contributed by atoms with Crippen LogP contribution in [0.1, 0.15) is 16.8 Å². The Morgan fingerprint density at radius 1 is 0.950 bits per heavy atom. The van der Waals surface area contributed by atoms with Crippen molar-refractivity contribution < 1.29 is 0 Å². The molecule has 3 rings (SSSR count). The van der Waals surface area contributed by atoms with Crippen LogP contribution in [-0.2, 0) is 13.0 Å². The second-order valence-corrected chi connectivity index (χ2v) is 5.57. The SMILES string of the molecule is NCc1cccc(-c2nc(Cc3ccccc3)cs2)c1. The summed E-state index contributed by atoms with van der Waals surface area (Å²) in [6, 6.07) is 18.7. The van der Waals surface area contributed by atoms with Gasteiger partial charge in [0, 0.05) is 23.9 Å². The fourth-order valence-corrected chi connectivity index (χ4v) is 2.97. The Labute approximate surface area is 122 Å². The molecule has 0 aliphatic heterocycles. The first-order chi connectivity index (χ1) is 9.85. The van der Waals surface area contributed by atoms with Crippen molar-refractivity contribution in [3.63, 3.8) is 0 Å². The van der Waals surface area contributed by atoms with Crippen molar-refractivity contribution in [3.05, 3.63) is 76.8 Å². The predicted molar refractivity (Wildman–Crippen MR) is 84.7 cm³/mol. The molecule has 0 unspecified atom stereocenters. The van der Waals surface area contributed by atoms with E-state index in [-0.39, 0.29) is 0 Å². The van der Waals surface area contributed by atoms with Crippen LogP contribution in [-0.4, -0.2) is 4.98 Å². The summed E-state index contributed by atoms with van der Waals surface area (Å²) in [5.74, 6) is 0. The minimum absolute atomic E-state index is 0.566. The van der Waals surface area contributed by atoms with Gasteiger partial charge in [-0.1, -0.05) is 48.5 Å². The fourth-order valence-electron chi connectivity index (χ4n) is 2.16. The van der Waals surface area contributed by atoms with E-state index in [1.807, 2.05) is 18.2 Å². The summed E-state index contributed by atoms with van der Waals surface area (Å²) < 4.78 is 0. The van der Waals surface area contributed by atoms with E-state index in [4.69, 9.17) is 10.7 Å². The predicted octanol–water partition coefficient (Wildman–Crippen LogP) is 3.86. The summed E-state index contributed by atoms with van der Waals surface area (Å²) in [6.07, 6.45) is 0.883. The van der Waals surface area contributed by atoms with Crippen LogP contribution in [0.5, 0.6) is 0 Å². The number of aromatic nitrogens is 1. The Morgan fingerprint density at radius 2 is 1.75 bits per heavy atom. The lowest BCUT2D eigenvalue weighted by Crippen LogP contribution is -1.95. The number of benzene rings is 2. The number of nitrogens with two attached hydrogens (primary N) is 1. The second-order valence-electron chi connectivity index (χ2n) is 4.71. The first-order valence-corrected chi connectivity index (χ1v) is 7.51. The molecule has 0 saturated heterocycles. The summed E-state index contributed by atoms with van der Waals surface area (Å²) in [4.78, 5) is 4.73. The van der Waals surface area contributed by atoms with E-state index in [9.17, 15) is 0 Å². The Balaban J connectivity index is 1.83. The summed E-state index contributed by atoms with van der Waals surface area (Å²) in [6.45, 7) is 0.566. The zero-order chi connectivity index (χ0) is 13.8. The van der Waals surface area contributed by atoms with Crippen molar-refractivity contribution in [2.75, 3.05) is 0 Å². The minimum atomic E-state index is 0.566. The highest BCUT2D eigenvalue weighted by Crippen LogP contribution is 2.25. The van der Waals surface area contributed by atoms with Gasteiger partial charge in [-0.15, -0.1) is 11.3 Å². The molecule has 2 nitrogen and oxygen atoms in total. The van der Waals surface area contributed by atoms with Crippen molar-refractivity contribution in [2.45, 2.75) is 13.0 Å². The topological polar surface area (TPSA) is 38.9 Å². The molecule has 0 radical (unpaired) electrons. The smallest absolute Gasteiger partial charge is 0.123 e.